The third kappa shape index (κ3) is 2.46. The summed E-state index contributed by atoms with van der Waals surface area (Å²) >= 11 is 0. The van der Waals surface area contributed by atoms with E-state index in [1.807, 2.05) is 31.3 Å². The van der Waals surface area contributed by atoms with Crippen molar-refractivity contribution < 1.29 is 4.79 Å². The zero-order chi connectivity index (χ0) is 13.2. The van der Waals surface area contributed by atoms with Gasteiger partial charge in [0.2, 0.25) is 0 Å². The van der Waals surface area contributed by atoms with E-state index in [2.05, 4.69) is 10.6 Å². The third-order valence-corrected chi connectivity index (χ3v) is 4.85. The van der Waals surface area contributed by atoms with Crippen LogP contribution in [0.3, 0.4) is 0 Å². The molecule has 3 rings (SSSR count). The van der Waals surface area contributed by atoms with Crippen molar-refractivity contribution in [3.05, 3.63) is 29.8 Å². The first-order chi connectivity index (χ1) is 9.28. The van der Waals surface area contributed by atoms with Gasteiger partial charge in [0.1, 0.15) is 0 Å². The maximum absolute atomic E-state index is 12.2. The summed E-state index contributed by atoms with van der Waals surface area (Å²) in [7, 11) is 1.85. The second-order valence-corrected chi connectivity index (χ2v) is 5.94. The van der Waals surface area contributed by atoms with Gasteiger partial charge in [-0.05, 0) is 49.1 Å². The number of benzene rings is 1. The van der Waals surface area contributed by atoms with Crippen LogP contribution in [0.25, 0.3) is 0 Å². The van der Waals surface area contributed by atoms with E-state index in [1.165, 1.54) is 25.7 Å². The molecule has 1 aromatic rings. The fourth-order valence-corrected chi connectivity index (χ4v) is 3.84. The van der Waals surface area contributed by atoms with Gasteiger partial charge in [-0.15, -0.1) is 0 Å². The molecule has 19 heavy (non-hydrogen) atoms. The molecule has 3 heteroatoms. The maximum atomic E-state index is 12.2. The minimum Gasteiger partial charge on any atom is -0.387 e. The number of para-hydroxylation sites is 1. The van der Waals surface area contributed by atoms with Gasteiger partial charge in [0, 0.05) is 19.3 Å². The summed E-state index contributed by atoms with van der Waals surface area (Å²) in [4.78, 5) is 12.2. The first-order valence-electron chi connectivity index (χ1n) is 7.33. The number of rotatable bonds is 4. The quantitative estimate of drug-likeness (QED) is 0.872. The number of amides is 1. The lowest BCUT2D eigenvalue weighted by Gasteiger charge is -2.22. The second kappa shape index (κ2) is 5.24. The molecule has 0 aromatic heterocycles. The Labute approximate surface area is 114 Å². The van der Waals surface area contributed by atoms with Crippen LogP contribution in [-0.4, -0.2) is 19.5 Å². The molecule has 2 bridgehead atoms. The Kier molecular flexibility index (Phi) is 3.45. The SMILES string of the molecule is CNc1ccccc1C(=O)NC[C@@H]1C[C@H]2CC[C@H]1C2. The van der Waals surface area contributed by atoms with Gasteiger partial charge in [-0.25, -0.2) is 0 Å². The van der Waals surface area contributed by atoms with Gasteiger partial charge < -0.3 is 10.6 Å². The van der Waals surface area contributed by atoms with Crippen LogP contribution in [-0.2, 0) is 0 Å². The standard InChI is InChI=1S/C16H22N2O/c1-17-15-5-3-2-4-14(15)16(19)18-10-13-9-11-6-7-12(13)8-11/h2-5,11-13,17H,6-10H2,1H3,(H,18,19)/t11-,12-,13-/m0/s1. The van der Waals surface area contributed by atoms with Gasteiger partial charge in [-0.2, -0.15) is 0 Å². The highest BCUT2D eigenvalue weighted by Gasteiger charge is 2.39. The molecular formula is C16H22N2O. The average Bonchev–Trinajstić information content (AvgIpc) is 3.07. The molecule has 2 fully saturated rings. The van der Waals surface area contributed by atoms with Crippen molar-refractivity contribution in [1.29, 1.82) is 0 Å². The monoisotopic (exact) mass is 258 g/mol. The molecule has 1 amide bonds. The number of fused-ring (bicyclic) bond motifs is 2. The van der Waals surface area contributed by atoms with Crippen LogP contribution in [0.2, 0.25) is 0 Å². The van der Waals surface area contributed by atoms with Crippen LogP contribution in [0.4, 0.5) is 5.69 Å². The van der Waals surface area contributed by atoms with Crippen molar-refractivity contribution in [2.24, 2.45) is 17.8 Å². The second-order valence-electron chi connectivity index (χ2n) is 5.94. The van der Waals surface area contributed by atoms with Crippen LogP contribution >= 0.6 is 0 Å². The summed E-state index contributed by atoms with van der Waals surface area (Å²) in [6.07, 6.45) is 5.50. The van der Waals surface area contributed by atoms with Gasteiger partial charge in [0.15, 0.2) is 0 Å². The fourth-order valence-electron chi connectivity index (χ4n) is 3.84. The van der Waals surface area contributed by atoms with Gasteiger partial charge in [0.25, 0.3) is 5.91 Å². The van der Waals surface area contributed by atoms with Crippen molar-refractivity contribution >= 4 is 11.6 Å². The number of nitrogens with one attached hydrogen (secondary N) is 2. The lowest BCUT2D eigenvalue weighted by Crippen LogP contribution is -2.31. The van der Waals surface area contributed by atoms with Crippen LogP contribution < -0.4 is 10.6 Å². The van der Waals surface area contributed by atoms with Crippen LogP contribution in [0.5, 0.6) is 0 Å². The Hall–Kier alpha value is -1.51. The van der Waals surface area contributed by atoms with Crippen molar-refractivity contribution in [1.82, 2.24) is 5.32 Å². The predicted molar refractivity (Wildman–Crippen MR) is 77.3 cm³/mol. The Morgan fingerprint density at radius 2 is 2.11 bits per heavy atom. The van der Waals surface area contributed by atoms with E-state index in [1.54, 1.807) is 0 Å². The van der Waals surface area contributed by atoms with E-state index in [-0.39, 0.29) is 5.91 Å². The average molecular weight is 258 g/mol. The molecule has 3 nitrogen and oxygen atoms in total. The lowest BCUT2D eigenvalue weighted by molar-refractivity contribution is 0.0942. The number of carbonyl (C=O) groups is 1. The zero-order valence-corrected chi connectivity index (χ0v) is 11.5. The molecule has 2 N–H and O–H groups in total. The van der Waals surface area contributed by atoms with Crippen LogP contribution in [0, 0.1) is 17.8 Å². The molecule has 2 saturated carbocycles. The van der Waals surface area contributed by atoms with E-state index >= 15 is 0 Å². The molecule has 1 aromatic carbocycles. The molecule has 0 heterocycles. The Morgan fingerprint density at radius 1 is 1.26 bits per heavy atom. The van der Waals surface area contributed by atoms with Crippen molar-refractivity contribution in [2.75, 3.05) is 18.9 Å². The van der Waals surface area contributed by atoms with Crippen molar-refractivity contribution in [2.45, 2.75) is 25.7 Å². The molecule has 0 saturated heterocycles. The van der Waals surface area contributed by atoms with Crippen molar-refractivity contribution in [3.8, 4) is 0 Å². The minimum atomic E-state index is 0.0488. The van der Waals surface area contributed by atoms with E-state index in [0.717, 1.165) is 29.6 Å². The van der Waals surface area contributed by atoms with Crippen LogP contribution in [0.1, 0.15) is 36.0 Å². The summed E-state index contributed by atoms with van der Waals surface area (Å²) in [5, 5.41) is 6.19. The molecule has 102 valence electrons. The minimum absolute atomic E-state index is 0.0488. The van der Waals surface area contributed by atoms with Gasteiger partial charge >= 0.3 is 0 Å². The number of anilines is 1. The summed E-state index contributed by atoms with van der Waals surface area (Å²) < 4.78 is 0. The predicted octanol–water partition coefficient (Wildman–Crippen LogP) is 2.89. The largest absolute Gasteiger partial charge is 0.387 e. The fraction of sp³-hybridized carbons (Fsp3) is 0.562. The van der Waals surface area contributed by atoms with Gasteiger partial charge in [0.05, 0.1) is 5.56 Å². The van der Waals surface area contributed by atoms with E-state index in [9.17, 15) is 4.79 Å². The molecule has 0 unspecified atom stereocenters. The Morgan fingerprint density at radius 3 is 2.79 bits per heavy atom. The zero-order valence-electron chi connectivity index (χ0n) is 11.5. The molecule has 2 aliphatic rings. The summed E-state index contributed by atoms with van der Waals surface area (Å²) in [6.45, 7) is 0.845. The molecule has 3 atom stereocenters. The van der Waals surface area contributed by atoms with E-state index < -0.39 is 0 Å². The summed E-state index contributed by atoms with van der Waals surface area (Å²) in [5.74, 6) is 2.57. The van der Waals surface area contributed by atoms with Crippen molar-refractivity contribution in [3.63, 3.8) is 0 Å². The first kappa shape index (κ1) is 12.5. The highest BCUT2D eigenvalue weighted by molar-refractivity contribution is 5.99. The number of carbonyl (C=O) groups excluding carboxylic acids is 1. The normalized spacial score (nSPS) is 28.4. The highest BCUT2D eigenvalue weighted by Crippen LogP contribution is 2.47. The molecule has 0 aliphatic heterocycles. The lowest BCUT2D eigenvalue weighted by atomic mass is 9.89. The van der Waals surface area contributed by atoms with Crippen LogP contribution in [0.15, 0.2) is 24.3 Å². The van der Waals surface area contributed by atoms with Gasteiger partial charge in [-0.1, -0.05) is 18.6 Å². The first-order valence-corrected chi connectivity index (χ1v) is 7.33. The molecule has 0 spiro atoms. The molecule has 0 radical (unpaired) electrons. The molecule has 2 aliphatic carbocycles. The Balaban J connectivity index is 1.59. The highest BCUT2D eigenvalue weighted by atomic mass is 16.1. The maximum Gasteiger partial charge on any atom is 0.253 e. The summed E-state index contributed by atoms with van der Waals surface area (Å²) in [5.41, 5.74) is 1.64. The van der Waals surface area contributed by atoms with E-state index in [0.29, 0.717) is 5.92 Å². The smallest absolute Gasteiger partial charge is 0.253 e. The van der Waals surface area contributed by atoms with Gasteiger partial charge in [-0.3, -0.25) is 4.79 Å². The molecular weight excluding hydrogens is 236 g/mol. The van der Waals surface area contributed by atoms with E-state index in [4.69, 9.17) is 0 Å². The third-order valence-electron chi connectivity index (χ3n) is 4.85. The number of hydrogen-bond donors (Lipinski definition) is 2. The Bertz CT molecular complexity index is 472. The number of hydrogen-bond acceptors (Lipinski definition) is 2. The topological polar surface area (TPSA) is 41.1 Å². The summed E-state index contributed by atoms with van der Waals surface area (Å²) in [6, 6.07) is 7.67.